The number of fused-ring (bicyclic) bond motifs is 2. The van der Waals surface area contributed by atoms with Crippen molar-refractivity contribution in [1.82, 2.24) is 9.97 Å². The lowest BCUT2D eigenvalue weighted by atomic mass is 10.1. The van der Waals surface area contributed by atoms with Crippen LogP contribution in [0.5, 0.6) is 5.75 Å². The standard InChI is InChI=1S/C19H17F3N4O/c1-2-7-23-14-9-15(25-13-5-3-4-11-6-8-27-17(11)13)26-18-16(14)12(10-24-18)19(20,21)22/h2-5,9-10H,1,6-8H2,(H3,23,24,25,26). The first-order valence-corrected chi connectivity index (χ1v) is 8.43. The molecule has 1 aliphatic heterocycles. The zero-order valence-electron chi connectivity index (χ0n) is 14.3. The van der Waals surface area contributed by atoms with Gasteiger partial charge in [-0.25, -0.2) is 4.98 Å². The van der Waals surface area contributed by atoms with Crippen molar-refractivity contribution in [3.8, 4) is 5.75 Å². The van der Waals surface area contributed by atoms with Crippen molar-refractivity contribution in [1.29, 1.82) is 0 Å². The highest BCUT2D eigenvalue weighted by molar-refractivity contribution is 5.95. The summed E-state index contributed by atoms with van der Waals surface area (Å²) in [5, 5.41) is 6.13. The number of aromatic amines is 1. The van der Waals surface area contributed by atoms with Crippen molar-refractivity contribution in [2.24, 2.45) is 0 Å². The molecule has 1 aliphatic rings. The van der Waals surface area contributed by atoms with Crippen LogP contribution >= 0.6 is 0 Å². The van der Waals surface area contributed by atoms with Crippen LogP contribution in [0.1, 0.15) is 11.1 Å². The lowest BCUT2D eigenvalue weighted by Gasteiger charge is -2.14. The number of aromatic nitrogens is 2. The van der Waals surface area contributed by atoms with Crippen LogP contribution in [-0.4, -0.2) is 23.1 Å². The molecule has 0 saturated carbocycles. The summed E-state index contributed by atoms with van der Waals surface area (Å²) >= 11 is 0. The van der Waals surface area contributed by atoms with Crippen LogP contribution < -0.4 is 15.4 Å². The first-order valence-electron chi connectivity index (χ1n) is 8.43. The number of para-hydroxylation sites is 1. The third-order valence-corrected chi connectivity index (χ3v) is 4.36. The molecule has 3 heterocycles. The lowest BCUT2D eigenvalue weighted by molar-refractivity contribution is -0.136. The van der Waals surface area contributed by atoms with Crippen LogP contribution in [0.4, 0.5) is 30.4 Å². The molecule has 0 atom stereocenters. The Kier molecular flexibility index (Phi) is 4.18. The van der Waals surface area contributed by atoms with Crippen molar-refractivity contribution in [2.75, 3.05) is 23.8 Å². The highest BCUT2D eigenvalue weighted by Gasteiger charge is 2.35. The second-order valence-electron chi connectivity index (χ2n) is 6.17. The summed E-state index contributed by atoms with van der Waals surface area (Å²) in [6.45, 7) is 4.54. The molecular weight excluding hydrogens is 357 g/mol. The van der Waals surface area contributed by atoms with Crippen LogP contribution in [0.2, 0.25) is 0 Å². The Labute approximate surface area is 153 Å². The van der Waals surface area contributed by atoms with Crippen molar-refractivity contribution >= 4 is 28.2 Å². The Morgan fingerprint density at radius 1 is 1.30 bits per heavy atom. The average Bonchev–Trinajstić information content (AvgIpc) is 3.26. The Morgan fingerprint density at radius 2 is 2.15 bits per heavy atom. The summed E-state index contributed by atoms with van der Waals surface area (Å²) in [6, 6.07) is 7.30. The number of rotatable bonds is 5. The Balaban J connectivity index is 1.78. The fourth-order valence-corrected chi connectivity index (χ4v) is 3.20. The van der Waals surface area contributed by atoms with Crippen molar-refractivity contribution in [3.63, 3.8) is 0 Å². The van der Waals surface area contributed by atoms with Gasteiger partial charge in [0.25, 0.3) is 0 Å². The molecule has 3 N–H and O–H groups in total. The quantitative estimate of drug-likeness (QED) is 0.558. The van der Waals surface area contributed by atoms with E-state index in [2.05, 4.69) is 27.2 Å². The van der Waals surface area contributed by atoms with Crippen molar-refractivity contribution in [3.05, 3.63) is 54.2 Å². The van der Waals surface area contributed by atoms with E-state index in [1.54, 1.807) is 12.1 Å². The summed E-state index contributed by atoms with van der Waals surface area (Å²) in [5.74, 6) is 1.16. The summed E-state index contributed by atoms with van der Waals surface area (Å²) in [7, 11) is 0. The SMILES string of the molecule is C=CCNc1cc(Nc2cccc3c2OCC3)nc2[nH]cc(C(F)(F)F)c12. The number of hydrogen-bond donors (Lipinski definition) is 3. The summed E-state index contributed by atoms with van der Waals surface area (Å²) < 4.78 is 45.6. The van der Waals surface area contributed by atoms with Gasteiger partial charge in [-0.05, 0) is 11.6 Å². The van der Waals surface area contributed by atoms with Gasteiger partial charge in [0.1, 0.15) is 17.2 Å². The van der Waals surface area contributed by atoms with Gasteiger partial charge in [-0.2, -0.15) is 13.2 Å². The minimum Gasteiger partial charge on any atom is -0.491 e. The number of nitrogens with zero attached hydrogens (tertiary/aromatic N) is 1. The highest BCUT2D eigenvalue weighted by atomic mass is 19.4. The summed E-state index contributed by atoms with van der Waals surface area (Å²) in [5.41, 5.74) is 1.53. The van der Waals surface area contributed by atoms with E-state index in [0.29, 0.717) is 24.7 Å². The predicted octanol–water partition coefficient (Wildman–Crippen LogP) is 4.86. The van der Waals surface area contributed by atoms with E-state index in [4.69, 9.17) is 4.74 Å². The molecular formula is C19H17F3N4O. The van der Waals surface area contributed by atoms with E-state index >= 15 is 0 Å². The van der Waals surface area contributed by atoms with Crippen molar-refractivity contribution in [2.45, 2.75) is 12.6 Å². The van der Waals surface area contributed by atoms with Crippen molar-refractivity contribution < 1.29 is 17.9 Å². The number of halogens is 3. The third-order valence-electron chi connectivity index (χ3n) is 4.36. The minimum absolute atomic E-state index is 0.00411. The first-order chi connectivity index (χ1) is 13.0. The fraction of sp³-hybridized carbons (Fsp3) is 0.211. The van der Waals surface area contributed by atoms with Gasteiger partial charge in [-0.3, -0.25) is 0 Å². The lowest BCUT2D eigenvalue weighted by Crippen LogP contribution is -2.07. The number of hydrogen-bond acceptors (Lipinski definition) is 4. The molecule has 0 saturated heterocycles. The van der Waals surface area contributed by atoms with Gasteiger partial charge in [-0.15, -0.1) is 6.58 Å². The Bertz CT molecular complexity index is 1010. The van der Waals surface area contributed by atoms with Crippen LogP contribution in [0.3, 0.4) is 0 Å². The van der Waals surface area contributed by atoms with E-state index in [1.165, 1.54) is 0 Å². The number of pyridine rings is 1. The number of anilines is 3. The highest BCUT2D eigenvalue weighted by Crippen LogP contribution is 2.40. The van der Waals surface area contributed by atoms with Gasteiger partial charge in [-0.1, -0.05) is 18.2 Å². The molecule has 0 aliphatic carbocycles. The first kappa shape index (κ1) is 17.3. The van der Waals surface area contributed by atoms with Crippen LogP contribution in [-0.2, 0) is 12.6 Å². The number of H-pyrrole nitrogens is 1. The topological polar surface area (TPSA) is 62.0 Å². The van der Waals surface area contributed by atoms with E-state index in [9.17, 15) is 13.2 Å². The zero-order chi connectivity index (χ0) is 19.0. The Morgan fingerprint density at radius 3 is 2.93 bits per heavy atom. The van der Waals surface area contributed by atoms with E-state index in [0.717, 1.165) is 29.6 Å². The smallest absolute Gasteiger partial charge is 0.418 e. The summed E-state index contributed by atoms with van der Waals surface area (Å²) in [4.78, 5) is 6.93. The number of nitrogens with one attached hydrogen (secondary N) is 3. The largest absolute Gasteiger partial charge is 0.491 e. The maximum absolute atomic E-state index is 13.3. The van der Waals surface area contributed by atoms with Crippen LogP contribution in [0.25, 0.3) is 11.0 Å². The Hall–Kier alpha value is -3.16. The third kappa shape index (κ3) is 3.18. The normalized spacial score (nSPS) is 13.3. The zero-order valence-corrected chi connectivity index (χ0v) is 14.3. The second kappa shape index (κ2) is 6.53. The fourth-order valence-electron chi connectivity index (χ4n) is 3.20. The van der Waals surface area contributed by atoms with E-state index < -0.39 is 11.7 Å². The molecule has 140 valence electrons. The molecule has 0 bridgehead atoms. The van der Waals surface area contributed by atoms with Gasteiger partial charge < -0.3 is 20.4 Å². The molecule has 3 aromatic rings. The maximum Gasteiger partial charge on any atom is 0.418 e. The molecule has 5 nitrogen and oxygen atoms in total. The van der Waals surface area contributed by atoms with Gasteiger partial charge in [0, 0.05) is 30.9 Å². The van der Waals surface area contributed by atoms with Gasteiger partial charge in [0.05, 0.1) is 23.2 Å². The predicted molar refractivity (Wildman–Crippen MR) is 98.7 cm³/mol. The molecule has 0 fully saturated rings. The van der Waals surface area contributed by atoms with Crippen LogP contribution in [0, 0.1) is 0 Å². The second-order valence-corrected chi connectivity index (χ2v) is 6.17. The minimum atomic E-state index is -4.48. The molecule has 27 heavy (non-hydrogen) atoms. The van der Waals surface area contributed by atoms with Gasteiger partial charge in [0.2, 0.25) is 0 Å². The number of alkyl halides is 3. The van der Waals surface area contributed by atoms with E-state index in [-0.39, 0.29) is 11.0 Å². The summed E-state index contributed by atoms with van der Waals surface area (Å²) in [6.07, 6.45) is -1.14. The molecule has 0 radical (unpaired) electrons. The number of benzene rings is 1. The molecule has 0 unspecified atom stereocenters. The molecule has 1 aromatic carbocycles. The molecule has 8 heteroatoms. The molecule has 4 rings (SSSR count). The molecule has 0 amide bonds. The molecule has 0 spiro atoms. The van der Waals surface area contributed by atoms with Gasteiger partial charge in [0.15, 0.2) is 0 Å². The maximum atomic E-state index is 13.3. The monoisotopic (exact) mass is 374 g/mol. The van der Waals surface area contributed by atoms with Crippen LogP contribution in [0.15, 0.2) is 43.1 Å². The molecule has 2 aromatic heterocycles. The van der Waals surface area contributed by atoms with Gasteiger partial charge >= 0.3 is 6.18 Å². The van der Waals surface area contributed by atoms with E-state index in [1.807, 2.05) is 18.2 Å². The average molecular weight is 374 g/mol. The number of ether oxygens (including phenoxy) is 1.